The summed E-state index contributed by atoms with van der Waals surface area (Å²) in [7, 11) is 1.98. The first-order valence-electron chi connectivity index (χ1n) is 7.42. The van der Waals surface area contributed by atoms with Crippen LogP contribution in [0.2, 0.25) is 10.0 Å². The molecule has 0 unspecified atom stereocenters. The van der Waals surface area contributed by atoms with Gasteiger partial charge in [-0.1, -0.05) is 48.8 Å². The van der Waals surface area contributed by atoms with Crippen molar-refractivity contribution in [1.82, 2.24) is 9.55 Å². The van der Waals surface area contributed by atoms with Crippen LogP contribution in [0.5, 0.6) is 0 Å². The fourth-order valence-electron chi connectivity index (χ4n) is 1.93. The Morgan fingerprint density at radius 2 is 1.69 bits per heavy atom. The Labute approximate surface area is 165 Å². The molecule has 0 amide bonds. The summed E-state index contributed by atoms with van der Waals surface area (Å²) < 4.78 is 2.04. The molecule has 7 nitrogen and oxygen atoms in total. The van der Waals surface area contributed by atoms with E-state index in [-0.39, 0.29) is 0 Å². The fourth-order valence-corrected chi connectivity index (χ4v) is 3.81. The van der Waals surface area contributed by atoms with Crippen LogP contribution in [0.4, 0.5) is 0 Å². The number of imidazole rings is 1. The van der Waals surface area contributed by atoms with Crippen molar-refractivity contribution in [2.75, 3.05) is 0 Å². The highest BCUT2D eigenvalue weighted by atomic mass is 35.5. The summed E-state index contributed by atoms with van der Waals surface area (Å²) in [5.74, 6) is -2.44. The van der Waals surface area contributed by atoms with Crippen molar-refractivity contribution in [2.24, 2.45) is 12.8 Å². The maximum Gasteiger partial charge on any atom is 0.414 e. The van der Waals surface area contributed by atoms with E-state index in [9.17, 15) is 0 Å². The van der Waals surface area contributed by atoms with Gasteiger partial charge in [0.15, 0.2) is 0 Å². The van der Waals surface area contributed by atoms with Gasteiger partial charge in [-0.25, -0.2) is 14.6 Å². The van der Waals surface area contributed by atoms with Crippen molar-refractivity contribution in [2.45, 2.75) is 36.2 Å². The Bertz CT molecular complexity index is 777. The van der Waals surface area contributed by atoms with Crippen molar-refractivity contribution in [3.05, 3.63) is 39.8 Å². The van der Waals surface area contributed by atoms with Gasteiger partial charge < -0.3 is 20.5 Å². The third-order valence-electron chi connectivity index (χ3n) is 3.12. The topological polar surface area (TPSA) is 118 Å². The second-order valence-electron chi connectivity index (χ2n) is 5.45. The molecule has 26 heavy (non-hydrogen) atoms. The molecule has 0 bridgehead atoms. The Balaban J connectivity index is 0.000000487. The van der Waals surface area contributed by atoms with E-state index in [1.54, 1.807) is 17.8 Å². The Kier molecular flexibility index (Phi) is 8.42. The van der Waals surface area contributed by atoms with Gasteiger partial charge in [0.25, 0.3) is 0 Å². The first-order chi connectivity index (χ1) is 12.1. The molecule has 2 aromatic rings. The number of nitrogens with two attached hydrogens (primary N) is 1. The molecule has 10 heteroatoms. The predicted octanol–water partition coefficient (Wildman–Crippen LogP) is 3.62. The van der Waals surface area contributed by atoms with Crippen LogP contribution in [-0.2, 0) is 23.2 Å². The van der Waals surface area contributed by atoms with E-state index in [2.05, 4.69) is 18.8 Å². The molecule has 2 rings (SSSR count). The van der Waals surface area contributed by atoms with Crippen LogP contribution >= 0.6 is 35.0 Å². The number of nitrogens with zero attached hydrogens (tertiary/aromatic N) is 2. The van der Waals surface area contributed by atoms with Crippen LogP contribution in [0.1, 0.15) is 31.3 Å². The number of halogens is 2. The quantitative estimate of drug-likeness (QED) is 0.647. The SMILES string of the molecule is CC(C)c1nc(CN)n(C)c1Sc1cc(Cl)cc(Cl)c1.O=C(O)C(=O)O. The monoisotopic (exact) mass is 419 g/mol. The maximum absolute atomic E-state index is 9.10. The van der Waals surface area contributed by atoms with Crippen LogP contribution in [0.3, 0.4) is 0 Å². The van der Waals surface area contributed by atoms with E-state index in [0.29, 0.717) is 22.5 Å². The average Bonchev–Trinajstić information content (AvgIpc) is 2.83. The molecular formula is C16H19Cl2N3O4S. The Morgan fingerprint density at radius 3 is 2.08 bits per heavy atom. The van der Waals surface area contributed by atoms with Crippen molar-refractivity contribution < 1.29 is 19.8 Å². The molecular weight excluding hydrogens is 401 g/mol. The fraction of sp³-hybridized carbons (Fsp3) is 0.312. The molecule has 0 aliphatic heterocycles. The minimum Gasteiger partial charge on any atom is -0.473 e. The zero-order valence-electron chi connectivity index (χ0n) is 14.4. The molecule has 1 aromatic heterocycles. The van der Waals surface area contributed by atoms with E-state index >= 15 is 0 Å². The summed E-state index contributed by atoms with van der Waals surface area (Å²) in [6.07, 6.45) is 0. The highest BCUT2D eigenvalue weighted by Crippen LogP contribution is 2.36. The van der Waals surface area contributed by atoms with Gasteiger partial charge in [0.05, 0.1) is 12.2 Å². The molecule has 1 heterocycles. The van der Waals surface area contributed by atoms with Crippen LogP contribution in [0.25, 0.3) is 0 Å². The number of carboxylic acid groups (broad SMARTS) is 2. The van der Waals surface area contributed by atoms with Crippen molar-refractivity contribution in [3.63, 3.8) is 0 Å². The van der Waals surface area contributed by atoms with Gasteiger partial charge in [0, 0.05) is 22.0 Å². The van der Waals surface area contributed by atoms with E-state index in [1.807, 2.05) is 23.7 Å². The molecule has 0 saturated heterocycles. The van der Waals surface area contributed by atoms with Gasteiger partial charge in [-0.3, -0.25) is 0 Å². The van der Waals surface area contributed by atoms with Crippen molar-refractivity contribution in [3.8, 4) is 0 Å². The first kappa shape index (κ1) is 22.3. The molecule has 4 N–H and O–H groups in total. The number of hydrogen-bond donors (Lipinski definition) is 3. The Morgan fingerprint density at radius 1 is 1.19 bits per heavy atom. The number of aliphatic carboxylic acids is 2. The van der Waals surface area contributed by atoms with Crippen LogP contribution in [0.15, 0.2) is 28.1 Å². The standard InChI is InChI=1S/C14H17Cl2N3S.C2H2O4/c1-8(2)13-14(19(3)12(7-17)18-13)20-11-5-9(15)4-10(16)6-11;3-1(4)2(5)6/h4-6,8H,7,17H2,1-3H3;(H,3,4)(H,5,6). The highest BCUT2D eigenvalue weighted by molar-refractivity contribution is 7.99. The average molecular weight is 420 g/mol. The van der Waals surface area contributed by atoms with Gasteiger partial charge in [-0.2, -0.15) is 0 Å². The van der Waals surface area contributed by atoms with Gasteiger partial charge >= 0.3 is 11.9 Å². The number of carboxylic acids is 2. The predicted molar refractivity (Wildman–Crippen MR) is 101 cm³/mol. The summed E-state index contributed by atoms with van der Waals surface area (Å²) >= 11 is 13.7. The zero-order chi connectivity index (χ0) is 20.0. The molecule has 0 aliphatic rings. The highest BCUT2D eigenvalue weighted by Gasteiger charge is 2.18. The van der Waals surface area contributed by atoms with Crippen LogP contribution in [-0.4, -0.2) is 31.7 Å². The minimum atomic E-state index is -1.82. The van der Waals surface area contributed by atoms with E-state index < -0.39 is 11.9 Å². The molecule has 1 aromatic carbocycles. The third-order valence-corrected chi connectivity index (χ3v) is 4.71. The van der Waals surface area contributed by atoms with Gasteiger partial charge in [-0.05, 0) is 24.1 Å². The largest absolute Gasteiger partial charge is 0.473 e. The first-order valence-corrected chi connectivity index (χ1v) is 8.99. The lowest BCUT2D eigenvalue weighted by atomic mass is 10.2. The van der Waals surface area contributed by atoms with Crippen LogP contribution in [0, 0.1) is 0 Å². The second-order valence-corrected chi connectivity index (χ2v) is 7.39. The molecule has 0 radical (unpaired) electrons. The number of benzene rings is 1. The molecule has 0 spiro atoms. The number of carbonyl (C=O) groups is 2. The number of aromatic nitrogens is 2. The smallest absolute Gasteiger partial charge is 0.414 e. The summed E-state index contributed by atoms with van der Waals surface area (Å²) in [5, 5.41) is 17.1. The van der Waals surface area contributed by atoms with E-state index in [4.69, 9.17) is 48.7 Å². The zero-order valence-corrected chi connectivity index (χ0v) is 16.7. The van der Waals surface area contributed by atoms with Crippen LogP contribution < -0.4 is 5.73 Å². The maximum atomic E-state index is 9.10. The summed E-state index contributed by atoms with van der Waals surface area (Å²) in [5.41, 5.74) is 6.79. The summed E-state index contributed by atoms with van der Waals surface area (Å²) in [4.78, 5) is 23.8. The lowest BCUT2D eigenvalue weighted by molar-refractivity contribution is -0.159. The summed E-state index contributed by atoms with van der Waals surface area (Å²) in [6.45, 7) is 4.67. The van der Waals surface area contributed by atoms with Gasteiger partial charge in [0.1, 0.15) is 10.9 Å². The summed E-state index contributed by atoms with van der Waals surface area (Å²) in [6, 6.07) is 5.53. The molecule has 0 saturated carbocycles. The van der Waals surface area contributed by atoms with Crippen molar-refractivity contribution >= 4 is 46.9 Å². The Hall–Kier alpha value is -1.74. The van der Waals surface area contributed by atoms with Crippen molar-refractivity contribution in [1.29, 1.82) is 0 Å². The van der Waals surface area contributed by atoms with E-state index in [0.717, 1.165) is 21.4 Å². The number of hydrogen-bond acceptors (Lipinski definition) is 5. The van der Waals surface area contributed by atoms with Gasteiger partial charge in [-0.15, -0.1) is 0 Å². The lowest BCUT2D eigenvalue weighted by Gasteiger charge is -2.09. The molecule has 0 atom stereocenters. The number of rotatable bonds is 4. The minimum absolute atomic E-state index is 0.332. The van der Waals surface area contributed by atoms with E-state index in [1.165, 1.54) is 0 Å². The normalized spacial score (nSPS) is 10.4. The molecule has 142 valence electrons. The molecule has 0 fully saturated rings. The second kappa shape index (κ2) is 9.82. The third kappa shape index (κ3) is 6.21. The lowest BCUT2D eigenvalue weighted by Crippen LogP contribution is -2.09. The van der Waals surface area contributed by atoms with Gasteiger partial charge in [0.2, 0.25) is 0 Å². The molecule has 0 aliphatic carbocycles.